The Morgan fingerprint density at radius 3 is 2.62 bits per heavy atom. The van der Waals surface area contributed by atoms with E-state index in [0.717, 1.165) is 36.4 Å². The molecule has 0 unspecified atom stereocenters. The molecule has 3 rings (SSSR count). The third-order valence-corrected chi connectivity index (χ3v) is 6.59. The Bertz CT molecular complexity index is 1180. The molecule has 0 fully saturated rings. The molecule has 0 bridgehead atoms. The number of hydrogen-bond donors (Lipinski definition) is 1. The minimum absolute atomic E-state index is 0.121. The number of halogens is 1. The number of carbonyl (C=O) groups is 2. The van der Waals surface area contributed by atoms with Crippen molar-refractivity contribution in [2.45, 2.75) is 31.3 Å². The van der Waals surface area contributed by atoms with Crippen LogP contribution in [0.5, 0.6) is 5.75 Å². The van der Waals surface area contributed by atoms with Gasteiger partial charge in [0.2, 0.25) is 5.91 Å². The number of esters is 1. The monoisotopic (exact) mass is 502 g/mol. The SMILES string of the molecule is COC(=O)c1ccc(Cl)c(NC(=O)CSc2nnc(CCCc3ccc(OC)c(C)c3)n2C)c1. The van der Waals surface area contributed by atoms with Crippen LogP contribution in [0.3, 0.4) is 0 Å². The van der Waals surface area contributed by atoms with Crippen molar-refractivity contribution in [2.75, 3.05) is 25.3 Å². The Balaban J connectivity index is 1.52. The van der Waals surface area contributed by atoms with Crippen LogP contribution in [0.2, 0.25) is 5.02 Å². The van der Waals surface area contributed by atoms with Crippen LogP contribution in [-0.2, 0) is 29.4 Å². The number of benzene rings is 2. The molecule has 0 saturated heterocycles. The molecule has 0 aliphatic heterocycles. The summed E-state index contributed by atoms with van der Waals surface area (Å²) in [6.45, 7) is 2.04. The number of hydrogen-bond acceptors (Lipinski definition) is 7. The number of aryl methyl sites for hydroxylation is 3. The Hall–Kier alpha value is -3.04. The summed E-state index contributed by atoms with van der Waals surface area (Å²) in [7, 11) is 4.86. The molecule has 2 aromatic carbocycles. The topological polar surface area (TPSA) is 95.3 Å². The summed E-state index contributed by atoms with van der Waals surface area (Å²) < 4.78 is 11.9. The van der Waals surface area contributed by atoms with Crippen LogP contribution in [-0.4, -0.2) is 46.6 Å². The van der Waals surface area contributed by atoms with E-state index in [2.05, 4.69) is 27.6 Å². The fourth-order valence-corrected chi connectivity index (χ4v) is 4.31. The average molecular weight is 503 g/mol. The molecule has 34 heavy (non-hydrogen) atoms. The highest BCUT2D eigenvalue weighted by molar-refractivity contribution is 7.99. The van der Waals surface area contributed by atoms with Crippen molar-refractivity contribution >= 4 is 40.9 Å². The van der Waals surface area contributed by atoms with Crippen LogP contribution in [0, 0.1) is 6.92 Å². The van der Waals surface area contributed by atoms with Gasteiger partial charge in [-0.3, -0.25) is 4.79 Å². The molecule has 0 radical (unpaired) electrons. The number of carbonyl (C=O) groups excluding carboxylic acids is 2. The largest absolute Gasteiger partial charge is 0.496 e. The zero-order chi connectivity index (χ0) is 24.7. The molecule has 8 nitrogen and oxygen atoms in total. The molecule has 3 aromatic rings. The highest BCUT2D eigenvalue weighted by atomic mass is 35.5. The van der Waals surface area contributed by atoms with Gasteiger partial charge in [0.15, 0.2) is 5.16 Å². The van der Waals surface area contributed by atoms with Gasteiger partial charge in [0.25, 0.3) is 0 Å². The second-order valence-corrected chi connectivity index (χ2v) is 8.99. The van der Waals surface area contributed by atoms with Gasteiger partial charge in [-0.15, -0.1) is 10.2 Å². The molecule has 0 aliphatic carbocycles. The highest BCUT2D eigenvalue weighted by Gasteiger charge is 2.14. The Morgan fingerprint density at radius 2 is 1.91 bits per heavy atom. The molecule has 0 aliphatic rings. The average Bonchev–Trinajstić information content (AvgIpc) is 3.18. The second kappa shape index (κ2) is 11.9. The molecule has 1 N–H and O–H groups in total. The van der Waals surface area contributed by atoms with Crippen LogP contribution < -0.4 is 10.1 Å². The maximum Gasteiger partial charge on any atom is 0.337 e. The normalized spacial score (nSPS) is 10.7. The van der Waals surface area contributed by atoms with Gasteiger partial charge in [-0.2, -0.15) is 0 Å². The van der Waals surface area contributed by atoms with Crippen LogP contribution >= 0.6 is 23.4 Å². The molecule has 1 aromatic heterocycles. The quantitative estimate of drug-likeness (QED) is 0.322. The number of methoxy groups -OCH3 is 2. The number of ether oxygens (including phenoxy) is 2. The first-order chi connectivity index (χ1) is 16.3. The van der Waals surface area contributed by atoms with Gasteiger partial charge in [0.1, 0.15) is 11.6 Å². The Kier molecular flexibility index (Phi) is 8.95. The van der Waals surface area contributed by atoms with Gasteiger partial charge in [-0.05, 0) is 55.2 Å². The van der Waals surface area contributed by atoms with E-state index < -0.39 is 5.97 Å². The van der Waals surface area contributed by atoms with Crippen LogP contribution in [0.15, 0.2) is 41.6 Å². The van der Waals surface area contributed by atoms with Crippen molar-refractivity contribution < 1.29 is 19.1 Å². The van der Waals surface area contributed by atoms with E-state index in [9.17, 15) is 9.59 Å². The minimum Gasteiger partial charge on any atom is -0.496 e. The summed E-state index contributed by atoms with van der Waals surface area (Å²) in [5.74, 6) is 1.10. The molecule has 180 valence electrons. The molecule has 1 amide bonds. The maximum atomic E-state index is 12.4. The van der Waals surface area contributed by atoms with Gasteiger partial charge >= 0.3 is 5.97 Å². The lowest BCUT2D eigenvalue weighted by molar-refractivity contribution is -0.113. The fraction of sp³-hybridized carbons (Fsp3) is 0.333. The number of rotatable bonds is 10. The third-order valence-electron chi connectivity index (χ3n) is 5.24. The molecule has 0 saturated carbocycles. The molecular formula is C24H27ClN4O4S. The van der Waals surface area contributed by atoms with Crippen molar-refractivity contribution in [3.05, 3.63) is 63.9 Å². The second-order valence-electron chi connectivity index (χ2n) is 7.64. The number of thioether (sulfide) groups is 1. The zero-order valence-electron chi connectivity index (χ0n) is 19.6. The van der Waals surface area contributed by atoms with E-state index in [1.54, 1.807) is 13.2 Å². The lowest BCUT2D eigenvalue weighted by Gasteiger charge is -2.09. The van der Waals surface area contributed by atoms with Crippen molar-refractivity contribution in [3.8, 4) is 5.75 Å². The Morgan fingerprint density at radius 1 is 1.12 bits per heavy atom. The highest BCUT2D eigenvalue weighted by Crippen LogP contribution is 2.25. The van der Waals surface area contributed by atoms with Crippen molar-refractivity contribution in [3.63, 3.8) is 0 Å². The van der Waals surface area contributed by atoms with Crippen LogP contribution in [0.1, 0.15) is 33.7 Å². The van der Waals surface area contributed by atoms with Crippen LogP contribution in [0.4, 0.5) is 5.69 Å². The van der Waals surface area contributed by atoms with Gasteiger partial charge in [0.05, 0.1) is 36.2 Å². The summed E-state index contributed by atoms with van der Waals surface area (Å²) >= 11 is 7.42. The first-order valence-corrected chi connectivity index (χ1v) is 12.0. The first-order valence-electron chi connectivity index (χ1n) is 10.6. The summed E-state index contributed by atoms with van der Waals surface area (Å²) in [6.07, 6.45) is 2.63. The van der Waals surface area contributed by atoms with Crippen LogP contribution in [0.25, 0.3) is 0 Å². The number of anilines is 1. The van der Waals surface area contributed by atoms with Crippen molar-refractivity contribution in [2.24, 2.45) is 7.05 Å². The van der Waals surface area contributed by atoms with E-state index in [1.807, 2.05) is 24.6 Å². The van der Waals surface area contributed by atoms with E-state index in [4.69, 9.17) is 21.1 Å². The van der Waals surface area contributed by atoms with Gasteiger partial charge in [-0.25, -0.2) is 4.79 Å². The van der Waals surface area contributed by atoms with Gasteiger partial charge in [-0.1, -0.05) is 35.5 Å². The maximum absolute atomic E-state index is 12.4. The Labute approximate surface area is 208 Å². The summed E-state index contributed by atoms with van der Waals surface area (Å²) in [5.41, 5.74) is 3.02. The number of amides is 1. The van der Waals surface area contributed by atoms with Crippen molar-refractivity contribution in [1.82, 2.24) is 14.8 Å². The zero-order valence-corrected chi connectivity index (χ0v) is 21.1. The predicted octanol–water partition coefficient (Wildman–Crippen LogP) is 4.48. The number of nitrogens with one attached hydrogen (secondary N) is 1. The van der Waals surface area contributed by atoms with Crippen molar-refractivity contribution in [1.29, 1.82) is 0 Å². The molecule has 0 atom stereocenters. The number of aromatic nitrogens is 3. The smallest absolute Gasteiger partial charge is 0.337 e. The summed E-state index contributed by atoms with van der Waals surface area (Å²) in [4.78, 5) is 24.1. The molecular weight excluding hydrogens is 476 g/mol. The van der Waals surface area contributed by atoms with E-state index in [1.165, 1.54) is 36.6 Å². The van der Waals surface area contributed by atoms with Gasteiger partial charge in [0, 0.05) is 13.5 Å². The molecule has 10 heteroatoms. The molecule has 1 heterocycles. The molecule has 0 spiro atoms. The fourth-order valence-electron chi connectivity index (χ4n) is 3.42. The predicted molar refractivity (Wildman–Crippen MR) is 133 cm³/mol. The van der Waals surface area contributed by atoms with E-state index in [-0.39, 0.29) is 11.7 Å². The van der Waals surface area contributed by atoms with Gasteiger partial charge < -0.3 is 19.4 Å². The lowest BCUT2D eigenvalue weighted by Crippen LogP contribution is -2.15. The third kappa shape index (κ3) is 6.51. The van der Waals surface area contributed by atoms with E-state index >= 15 is 0 Å². The standard InChI is InChI=1S/C24H27ClN4O4S/c1-15-12-16(8-11-20(15)32-3)6-5-7-21-27-28-24(29(21)2)34-14-22(30)26-19-13-17(23(31)33-4)9-10-18(19)25/h8-13H,5-7,14H2,1-4H3,(H,26,30). The minimum atomic E-state index is -0.504. The van der Waals surface area contributed by atoms with E-state index in [0.29, 0.717) is 21.4 Å². The summed E-state index contributed by atoms with van der Waals surface area (Å²) in [6, 6.07) is 10.8. The number of nitrogens with zero attached hydrogens (tertiary/aromatic N) is 3. The lowest BCUT2D eigenvalue weighted by atomic mass is 10.0. The summed E-state index contributed by atoms with van der Waals surface area (Å²) in [5, 5.41) is 12.2. The first kappa shape index (κ1) is 25.6.